The quantitative estimate of drug-likeness (QED) is 0.431. The summed E-state index contributed by atoms with van der Waals surface area (Å²) in [7, 11) is 0. The first-order valence-corrected chi connectivity index (χ1v) is 11.5. The molecule has 4 rings (SSSR count). The SMILES string of the molecule is O=C(NCc1ccc(F)c(Cl)c1)c1nc2ccc(F)c(OCCC3CCC(CO)OC3)c2c(=O)[nH]1. The van der Waals surface area contributed by atoms with Gasteiger partial charge in [-0.2, -0.15) is 0 Å². The lowest BCUT2D eigenvalue weighted by Gasteiger charge is -2.27. The average Bonchev–Trinajstić information content (AvgIpc) is 2.86. The van der Waals surface area contributed by atoms with Crippen molar-refractivity contribution in [2.75, 3.05) is 19.8 Å². The van der Waals surface area contributed by atoms with Gasteiger partial charge in [0.05, 0.1) is 36.5 Å². The van der Waals surface area contributed by atoms with Gasteiger partial charge in [0.2, 0.25) is 0 Å². The largest absolute Gasteiger partial charge is 0.490 e. The standard InChI is InChI=1S/C24H24ClF2N3O5/c25-16-9-14(2-4-17(16)26)10-28-24(33)22-29-19-6-5-18(27)21(20(19)23(32)30-22)34-8-7-13-1-3-15(11-31)35-12-13/h2,4-6,9,13,15,31H,1,3,7-8,10-12H2,(H,28,33)(H,29,30,32). The number of aromatic nitrogens is 2. The fourth-order valence-electron chi connectivity index (χ4n) is 3.90. The number of nitrogens with zero attached hydrogens (tertiary/aromatic N) is 1. The zero-order chi connectivity index (χ0) is 24.9. The van der Waals surface area contributed by atoms with E-state index < -0.39 is 23.1 Å². The Morgan fingerprint density at radius 1 is 1.26 bits per heavy atom. The molecule has 1 aromatic heterocycles. The minimum absolute atomic E-state index is 0.0131. The zero-order valence-electron chi connectivity index (χ0n) is 18.7. The molecule has 186 valence electrons. The minimum atomic E-state index is -0.716. The Morgan fingerprint density at radius 3 is 2.77 bits per heavy atom. The van der Waals surface area contributed by atoms with Crippen LogP contribution >= 0.6 is 11.6 Å². The molecule has 0 bridgehead atoms. The van der Waals surface area contributed by atoms with Crippen LogP contribution < -0.4 is 15.6 Å². The Bertz CT molecular complexity index is 1280. The summed E-state index contributed by atoms with van der Waals surface area (Å²) >= 11 is 5.75. The first-order chi connectivity index (χ1) is 16.9. The second-order valence-corrected chi connectivity index (χ2v) is 8.74. The summed E-state index contributed by atoms with van der Waals surface area (Å²) in [4.78, 5) is 31.8. The zero-order valence-corrected chi connectivity index (χ0v) is 19.4. The number of ether oxygens (including phenoxy) is 2. The highest BCUT2D eigenvalue weighted by Gasteiger charge is 2.22. The molecule has 1 amide bonds. The maximum Gasteiger partial charge on any atom is 0.287 e. The van der Waals surface area contributed by atoms with E-state index in [9.17, 15) is 18.4 Å². The van der Waals surface area contributed by atoms with E-state index in [2.05, 4.69) is 15.3 Å². The first kappa shape index (κ1) is 25.0. The fourth-order valence-corrected chi connectivity index (χ4v) is 4.11. The third kappa shape index (κ3) is 5.95. The minimum Gasteiger partial charge on any atom is -0.490 e. The van der Waals surface area contributed by atoms with E-state index in [0.717, 1.165) is 18.9 Å². The van der Waals surface area contributed by atoms with Crippen LogP contribution in [0.2, 0.25) is 5.02 Å². The lowest BCUT2D eigenvalue weighted by molar-refractivity contribution is -0.0460. The number of hydrogen-bond donors (Lipinski definition) is 3. The van der Waals surface area contributed by atoms with Crippen molar-refractivity contribution >= 4 is 28.4 Å². The highest BCUT2D eigenvalue weighted by molar-refractivity contribution is 6.30. The van der Waals surface area contributed by atoms with E-state index in [0.29, 0.717) is 18.6 Å². The van der Waals surface area contributed by atoms with Crippen LogP contribution in [0.3, 0.4) is 0 Å². The molecule has 0 radical (unpaired) electrons. The van der Waals surface area contributed by atoms with Gasteiger partial charge in [-0.05, 0) is 55.0 Å². The lowest BCUT2D eigenvalue weighted by Crippen LogP contribution is -2.29. The number of aliphatic hydroxyl groups is 1. The van der Waals surface area contributed by atoms with Crippen molar-refractivity contribution in [3.05, 3.63) is 68.7 Å². The summed E-state index contributed by atoms with van der Waals surface area (Å²) in [5.74, 6) is -2.24. The van der Waals surface area contributed by atoms with Crippen LogP contribution in [0, 0.1) is 17.6 Å². The molecule has 11 heteroatoms. The number of rotatable bonds is 8. The highest BCUT2D eigenvalue weighted by Crippen LogP contribution is 2.27. The van der Waals surface area contributed by atoms with Gasteiger partial charge in [-0.3, -0.25) is 9.59 Å². The van der Waals surface area contributed by atoms with Crippen LogP contribution in [0.5, 0.6) is 5.75 Å². The van der Waals surface area contributed by atoms with Crippen molar-refractivity contribution in [1.29, 1.82) is 0 Å². The number of benzene rings is 2. The summed E-state index contributed by atoms with van der Waals surface area (Å²) in [5.41, 5.74) is -0.0564. The van der Waals surface area contributed by atoms with Gasteiger partial charge in [-0.15, -0.1) is 0 Å². The Hall–Kier alpha value is -3.08. The van der Waals surface area contributed by atoms with Crippen molar-refractivity contribution < 1.29 is 28.2 Å². The molecule has 1 aliphatic rings. The normalized spacial score (nSPS) is 17.9. The topological polar surface area (TPSA) is 114 Å². The molecule has 3 N–H and O–H groups in total. The van der Waals surface area contributed by atoms with Crippen LogP contribution in [-0.4, -0.2) is 46.9 Å². The molecule has 0 spiro atoms. The lowest BCUT2D eigenvalue weighted by atomic mass is 9.96. The molecule has 1 fully saturated rings. The van der Waals surface area contributed by atoms with E-state index in [1.54, 1.807) is 0 Å². The van der Waals surface area contributed by atoms with Crippen LogP contribution in [0.15, 0.2) is 35.1 Å². The van der Waals surface area contributed by atoms with Crippen molar-refractivity contribution in [2.24, 2.45) is 5.92 Å². The molecule has 0 aliphatic carbocycles. The van der Waals surface area contributed by atoms with Crippen LogP contribution in [0.25, 0.3) is 10.9 Å². The molecule has 2 unspecified atom stereocenters. The molecule has 0 saturated carbocycles. The van der Waals surface area contributed by atoms with Crippen LogP contribution in [-0.2, 0) is 11.3 Å². The number of hydrogen-bond acceptors (Lipinski definition) is 6. The summed E-state index contributed by atoms with van der Waals surface area (Å²) < 4.78 is 39.0. The highest BCUT2D eigenvalue weighted by atomic mass is 35.5. The van der Waals surface area contributed by atoms with Gasteiger partial charge >= 0.3 is 0 Å². The summed E-state index contributed by atoms with van der Waals surface area (Å²) in [6.07, 6.45) is 2.05. The maximum atomic E-state index is 14.5. The van der Waals surface area contributed by atoms with Gasteiger partial charge in [0.15, 0.2) is 17.4 Å². The summed E-state index contributed by atoms with van der Waals surface area (Å²) in [6.45, 7) is 0.663. The number of amides is 1. The van der Waals surface area contributed by atoms with Crippen molar-refractivity contribution in [3.63, 3.8) is 0 Å². The Kier molecular flexibility index (Phi) is 7.94. The van der Waals surface area contributed by atoms with E-state index >= 15 is 0 Å². The predicted molar refractivity (Wildman–Crippen MR) is 125 cm³/mol. The molecule has 1 saturated heterocycles. The van der Waals surface area contributed by atoms with Crippen LogP contribution in [0.1, 0.15) is 35.4 Å². The van der Waals surface area contributed by atoms with Crippen LogP contribution in [0.4, 0.5) is 8.78 Å². The van der Waals surface area contributed by atoms with Gasteiger partial charge in [0, 0.05) is 6.54 Å². The number of carbonyl (C=O) groups is 1. The first-order valence-electron chi connectivity index (χ1n) is 11.2. The molecule has 1 aliphatic heterocycles. The monoisotopic (exact) mass is 507 g/mol. The Labute approximate surface area is 204 Å². The maximum absolute atomic E-state index is 14.5. The number of aromatic amines is 1. The third-order valence-electron chi connectivity index (χ3n) is 5.87. The Balaban J connectivity index is 1.45. The molecule has 35 heavy (non-hydrogen) atoms. The number of H-pyrrole nitrogens is 1. The van der Waals surface area contributed by atoms with Crippen molar-refractivity contribution in [1.82, 2.24) is 15.3 Å². The third-order valence-corrected chi connectivity index (χ3v) is 6.16. The number of nitrogens with one attached hydrogen (secondary N) is 2. The molecule has 3 aromatic rings. The van der Waals surface area contributed by atoms with E-state index in [4.69, 9.17) is 26.2 Å². The van der Waals surface area contributed by atoms with Crippen molar-refractivity contribution in [2.45, 2.75) is 31.9 Å². The van der Waals surface area contributed by atoms with Gasteiger partial charge in [0.25, 0.3) is 11.5 Å². The number of fused-ring (bicyclic) bond motifs is 1. The summed E-state index contributed by atoms with van der Waals surface area (Å²) in [5, 5.41) is 11.5. The van der Waals surface area contributed by atoms with E-state index in [-0.39, 0.29) is 59.3 Å². The van der Waals surface area contributed by atoms with Gasteiger partial charge in [-0.1, -0.05) is 17.7 Å². The van der Waals surface area contributed by atoms with Crippen molar-refractivity contribution in [3.8, 4) is 5.75 Å². The number of halogens is 3. The van der Waals surface area contributed by atoms with E-state index in [1.165, 1.54) is 24.3 Å². The van der Waals surface area contributed by atoms with Gasteiger partial charge in [-0.25, -0.2) is 13.8 Å². The fraction of sp³-hybridized carbons (Fsp3) is 0.375. The molecular weight excluding hydrogens is 484 g/mol. The van der Waals surface area contributed by atoms with Gasteiger partial charge < -0.3 is 24.9 Å². The predicted octanol–water partition coefficient (Wildman–Crippen LogP) is 3.34. The van der Waals surface area contributed by atoms with Gasteiger partial charge in [0.1, 0.15) is 11.2 Å². The Morgan fingerprint density at radius 2 is 2.06 bits per heavy atom. The summed E-state index contributed by atoms with van der Waals surface area (Å²) in [6, 6.07) is 6.46. The number of carbonyl (C=O) groups excluding carboxylic acids is 1. The molecule has 2 aromatic carbocycles. The second kappa shape index (κ2) is 11.1. The molecule has 2 atom stereocenters. The molecule has 2 heterocycles. The average molecular weight is 508 g/mol. The second-order valence-electron chi connectivity index (χ2n) is 8.33. The smallest absolute Gasteiger partial charge is 0.287 e. The molecular formula is C24H24ClF2N3O5. The van der Waals surface area contributed by atoms with E-state index in [1.807, 2.05) is 0 Å². The molecule has 8 nitrogen and oxygen atoms in total. The number of aliphatic hydroxyl groups excluding tert-OH is 1.